The van der Waals surface area contributed by atoms with E-state index in [2.05, 4.69) is 83.0 Å². The molecule has 0 unspecified atom stereocenters. The van der Waals surface area contributed by atoms with Gasteiger partial charge < -0.3 is 5.32 Å². The zero-order valence-corrected chi connectivity index (χ0v) is 22.3. The summed E-state index contributed by atoms with van der Waals surface area (Å²) >= 11 is 0. The van der Waals surface area contributed by atoms with Crippen LogP contribution in [0.5, 0.6) is 0 Å². The second kappa shape index (κ2) is 10.5. The Hall–Kier alpha value is -3.25. The molecule has 1 N–H and O–H groups in total. The first-order valence-electron chi connectivity index (χ1n) is 13.5. The van der Waals surface area contributed by atoms with E-state index in [9.17, 15) is 8.42 Å². The van der Waals surface area contributed by atoms with Crippen LogP contribution in [0.15, 0.2) is 126 Å². The van der Waals surface area contributed by atoms with E-state index in [-0.39, 0.29) is 12.1 Å². The van der Waals surface area contributed by atoms with Gasteiger partial charge in [0.1, 0.15) is 0 Å². The molecule has 0 radical (unpaired) electrons. The average molecular weight is 523 g/mol. The molecule has 2 aliphatic rings. The van der Waals surface area contributed by atoms with Gasteiger partial charge in [-0.2, -0.15) is 0 Å². The lowest BCUT2D eigenvalue weighted by Crippen LogP contribution is -2.60. The normalized spacial score (nSPS) is 25.3. The lowest BCUT2D eigenvalue weighted by Gasteiger charge is -2.51. The van der Waals surface area contributed by atoms with Crippen molar-refractivity contribution in [2.75, 3.05) is 0 Å². The van der Waals surface area contributed by atoms with E-state index in [1.54, 1.807) is 12.1 Å². The molecule has 4 atom stereocenters. The third-order valence-corrected chi connectivity index (χ3v) is 10.7. The van der Waals surface area contributed by atoms with E-state index in [0.29, 0.717) is 17.9 Å². The molecular formula is C33H34N2O2S. The van der Waals surface area contributed by atoms with Gasteiger partial charge in [0.2, 0.25) is 0 Å². The van der Waals surface area contributed by atoms with Crippen LogP contribution in [-0.2, 0) is 28.5 Å². The minimum absolute atomic E-state index is 0.0598. The van der Waals surface area contributed by atoms with Gasteiger partial charge in [0, 0.05) is 25.2 Å². The molecular weight excluding hydrogens is 488 g/mol. The standard InChI is InChI=1S/C33H34N2O2S/c36-38(37,29-19-11-4-12-20-29)31-23-33(28-17-9-3-10-18-28)32(34-24-26-13-5-1-6-14-26)22-21-30(31)35(33)25-27-15-7-2-8-16-27/h1-20,30-32,34H,21-25H2/t30-,31+,32+,33+/m0/s1. The summed E-state index contributed by atoms with van der Waals surface area (Å²) in [7, 11) is -3.52. The predicted octanol–water partition coefficient (Wildman–Crippen LogP) is 5.95. The molecule has 5 heteroatoms. The predicted molar refractivity (Wildman–Crippen MR) is 152 cm³/mol. The third-order valence-electron chi connectivity index (χ3n) is 8.52. The van der Waals surface area contributed by atoms with Crippen molar-refractivity contribution in [2.24, 2.45) is 0 Å². The van der Waals surface area contributed by atoms with Crippen molar-refractivity contribution in [3.8, 4) is 0 Å². The van der Waals surface area contributed by atoms with Crippen LogP contribution in [-0.4, -0.2) is 30.7 Å². The molecule has 4 aromatic carbocycles. The first kappa shape index (κ1) is 25.1. The van der Waals surface area contributed by atoms with E-state index in [4.69, 9.17) is 0 Å². The van der Waals surface area contributed by atoms with Gasteiger partial charge in [-0.25, -0.2) is 8.42 Å². The molecule has 194 valence electrons. The van der Waals surface area contributed by atoms with Crippen LogP contribution in [0.1, 0.15) is 36.0 Å². The molecule has 0 amide bonds. The van der Waals surface area contributed by atoms with Crippen molar-refractivity contribution in [1.82, 2.24) is 10.2 Å². The molecule has 38 heavy (non-hydrogen) atoms. The highest BCUT2D eigenvalue weighted by atomic mass is 32.2. The molecule has 2 saturated heterocycles. The van der Waals surface area contributed by atoms with Gasteiger partial charge in [-0.15, -0.1) is 0 Å². The first-order chi connectivity index (χ1) is 18.6. The number of fused-ring (bicyclic) bond motifs is 2. The molecule has 2 fully saturated rings. The molecule has 0 spiro atoms. The van der Waals surface area contributed by atoms with Gasteiger partial charge in [-0.1, -0.05) is 109 Å². The Morgan fingerprint density at radius 1 is 0.711 bits per heavy atom. The monoisotopic (exact) mass is 522 g/mol. The van der Waals surface area contributed by atoms with Crippen molar-refractivity contribution in [3.63, 3.8) is 0 Å². The van der Waals surface area contributed by atoms with Crippen LogP contribution in [0.3, 0.4) is 0 Å². The lowest BCUT2D eigenvalue weighted by atomic mass is 9.77. The van der Waals surface area contributed by atoms with E-state index >= 15 is 0 Å². The smallest absolute Gasteiger partial charge is 0.182 e. The Morgan fingerprint density at radius 3 is 1.89 bits per heavy atom. The summed E-state index contributed by atoms with van der Waals surface area (Å²) in [5.41, 5.74) is 3.19. The summed E-state index contributed by atoms with van der Waals surface area (Å²) in [4.78, 5) is 2.95. The van der Waals surface area contributed by atoms with Crippen molar-refractivity contribution in [3.05, 3.63) is 138 Å². The summed E-state index contributed by atoms with van der Waals surface area (Å²) in [5, 5.41) is 3.42. The Bertz CT molecular complexity index is 1450. The minimum atomic E-state index is -3.52. The van der Waals surface area contributed by atoms with Gasteiger partial charge in [0.15, 0.2) is 9.84 Å². The highest BCUT2D eigenvalue weighted by molar-refractivity contribution is 7.92. The molecule has 2 bridgehead atoms. The van der Waals surface area contributed by atoms with Crippen LogP contribution in [0.2, 0.25) is 0 Å². The van der Waals surface area contributed by atoms with Gasteiger partial charge in [0.25, 0.3) is 0 Å². The van der Waals surface area contributed by atoms with Crippen LogP contribution in [0.4, 0.5) is 0 Å². The van der Waals surface area contributed by atoms with Gasteiger partial charge >= 0.3 is 0 Å². The minimum Gasteiger partial charge on any atom is -0.308 e. The number of nitrogens with zero attached hydrogens (tertiary/aromatic N) is 1. The average Bonchev–Trinajstić information content (AvgIpc) is 3.19. The maximum absolute atomic E-state index is 14.2. The summed E-state index contributed by atoms with van der Waals surface area (Å²) in [6, 6.07) is 40.6. The van der Waals surface area contributed by atoms with Gasteiger partial charge in [0.05, 0.1) is 15.7 Å². The van der Waals surface area contributed by atoms with E-state index < -0.39 is 20.6 Å². The summed E-state index contributed by atoms with van der Waals surface area (Å²) in [6.45, 7) is 1.46. The zero-order valence-electron chi connectivity index (χ0n) is 21.5. The molecule has 0 aromatic heterocycles. The van der Waals surface area contributed by atoms with Crippen LogP contribution >= 0.6 is 0 Å². The Morgan fingerprint density at radius 2 is 1.26 bits per heavy atom. The lowest BCUT2D eigenvalue weighted by molar-refractivity contribution is 0.0109. The number of benzene rings is 4. The maximum atomic E-state index is 14.2. The molecule has 0 aliphatic carbocycles. The Balaban J connectivity index is 1.46. The molecule has 6 rings (SSSR count). The third kappa shape index (κ3) is 4.49. The van der Waals surface area contributed by atoms with Crippen molar-refractivity contribution in [1.29, 1.82) is 0 Å². The summed E-state index contributed by atoms with van der Waals surface area (Å²) in [5.74, 6) is 0. The van der Waals surface area contributed by atoms with E-state index in [0.717, 1.165) is 19.4 Å². The van der Waals surface area contributed by atoms with E-state index in [1.165, 1.54) is 16.7 Å². The number of hydrogen-bond acceptors (Lipinski definition) is 4. The Kier molecular flexibility index (Phi) is 6.91. The fourth-order valence-corrected chi connectivity index (χ4v) is 8.83. The van der Waals surface area contributed by atoms with Gasteiger partial charge in [-0.05, 0) is 48.1 Å². The molecule has 2 aliphatic heterocycles. The van der Waals surface area contributed by atoms with Crippen molar-refractivity contribution >= 4 is 9.84 Å². The highest BCUT2D eigenvalue weighted by Crippen LogP contribution is 2.54. The SMILES string of the molecule is O=S(=O)(c1ccccc1)[C@@H]1C[C@@]2(c3ccccc3)[C@H](NCc3ccccc3)CC[C@@H]1N2Cc1ccccc1. The number of rotatable bonds is 8. The number of sulfone groups is 1. The molecule has 0 saturated carbocycles. The van der Waals surface area contributed by atoms with Crippen LogP contribution in [0, 0.1) is 0 Å². The first-order valence-corrected chi connectivity index (χ1v) is 15.1. The van der Waals surface area contributed by atoms with Crippen molar-refractivity contribution in [2.45, 2.75) is 60.1 Å². The second-order valence-electron chi connectivity index (χ2n) is 10.6. The van der Waals surface area contributed by atoms with Gasteiger partial charge in [-0.3, -0.25) is 4.90 Å². The van der Waals surface area contributed by atoms with E-state index in [1.807, 2.05) is 36.4 Å². The molecule has 4 aromatic rings. The molecule has 2 heterocycles. The highest BCUT2D eigenvalue weighted by Gasteiger charge is 2.62. The largest absolute Gasteiger partial charge is 0.308 e. The fraction of sp³-hybridized carbons (Fsp3) is 0.273. The van der Waals surface area contributed by atoms with Crippen molar-refractivity contribution < 1.29 is 8.42 Å². The fourth-order valence-electron chi connectivity index (χ4n) is 6.78. The summed E-state index contributed by atoms with van der Waals surface area (Å²) in [6.07, 6.45) is 2.33. The zero-order chi connectivity index (χ0) is 26.0. The second-order valence-corrected chi connectivity index (χ2v) is 12.7. The molecule has 4 nitrogen and oxygen atoms in total. The topological polar surface area (TPSA) is 49.4 Å². The maximum Gasteiger partial charge on any atom is 0.182 e. The quantitative estimate of drug-likeness (QED) is 0.311. The summed E-state index contributed by atoms with van der Waals surface area (Å²) < 4.78 is 28.4. The van der Waals surface area contributed by atoms with Crippen LogP contribution < -0.4 is 5.32 Å². The number of hydrogen-bond donors (Lipinski definition) is 1. The Labute approximate surface area is 226 Å². The van der Waals surface area contributed by atoms with Crippen LogP contribution in [0.25, 0.3) is 0 Å². The number of nitrogens with one attached hydrogen (secondary N) is 1. The number of piperidine rings is 1.